The van der Waals surface area contributed by atoms with Crippen LogP contribution in [-0.2, 0) is 6.42 Å². The fourth-order valence-corrected chi connectivity index (χ4v) is 1.89. The van der Waals surface area contributed by atoms with Crippen molar-refractivity contribution in [2.75, 3.05) is 5.88 Å². The Bertz CT molecular complexity index is 230. The van der Waals surface area contributed by atoms with Crippen LogP contribution in [0.4, 0.5) is 0 Å². The van der Waals surface area contributed by atoms with Crippen molar-refractivity contribution in [3.63, 3.8) is 0 Å². The third-order valence-corrected chi connectivity index (χ3v) is 2.77. The van der Waals surface area contributed by atoms with Crippen LogP contribution in [-0.4, -0.2) is 5.88 Å². The summed E-state index contributed by atoms with van der Waals surface area (Å²) in [5.41, 5.74) is 1.45. The average molecular weight is 211 g/mol. The highest BCUT2D eigenvalue weighted by Gasteiger charge is 2.02. The normalized spacial score (nSPS) is 12.7. The number of unbranched alkanes of at least 4 members (excludes halogenated alkanes) is 1. The fourth-order valence-electron chi connectivity index (χ4n) is 1.71. The smallest absolute Gasteiger partial charge is 0.0223 e. The third-order valence-electron chi connectivity index (χ3n) is 2.51. The van der Waals surface area contributed by atoms with Gasteiger partial charge in [-0.15, -0.1) is 11.6 Å². The molecule has 1 heteroatoms. The van der Waals surface area contributed by atoms with Crippen molar-refractivity contribution in [3.8, 4) is 0 Å². The molecule has 1 aromatic rings. The van der Waals surface area contributed by atoms with Gasteiger partial charge in [-0.05, 0) is 24.3 Å². The lowest BCUT2D eigenvalue weighted by atomic mass is 9.96. The molecule has 0 saturated heterocycles. The molecule has 0 aliphatic carbocycles. The topological polar surface area (TPSA) is 0 Å². The summed E-state index contributed by atoms with van der Waals surface area (Å²) in [4.78, 5) is 0. The lowest BCUT2D eigenvalue weighted by Gasteiger charge is -2.10. The van der Waals surface area contributed by atoms with Gasteiger partial charge in [0.15, 0.2) is 0 Å². The van der Waals surface area contributed by atoms with E-state index < -0.39 is 0 Å². The summed E-state index contributed by atoms with van der Waals surface area (Å²) >= 11 is 5.65. The van der Waals surface area contributed by atoms with E-state index in [0.717, 1.165) is 18.2 Å². The Morgan fingerprint density at radius 1 is 1.14 bits per heavy atom. The second kappa shape index (κ2) is 6.89. The zero-order valence-electron chi connectivity index (χ0n) is 8.88. The predicted molar refractivity (Wildman–Crippen MR) is 63.9 cm³/mol. The van der Waals surface area contributed by atoms with E-state index >= 15 is 0 Å². The van der Waals surface area contributed by atoms with Gasteiger partial charge in [0, 0.05) is 5.88 Å². The minimum atomic E-state index is 0.778. The van der Waals surface area contributed by atoms with Crippen molar-refractivity contribution in [1.29, 1.82) is 0 Å². The molecule has 1 aromatic carbocycles. The SMILES string of the molecule is CC(CCCCCl)Cc1ccccc1. The first-order chi connectivity index (χ1) is 6.83. The number of hydrogen-bond donors (Lipinski definition) is 0. The van der Waals surface area contributed by atoms with E-state index in [-0.39, 0.29) is 0 Å². The molecule has 0 aliphatic rings. The van der Waals surface area contributed by atoms with Crippen molar-refractivity contribution in [2.24, 2.45) is 5.92 Å². The Kier molecular flexibility index (Phi) is 5.70. The van der Waals surface area contributed by atoms with E-state index in [4.69, 9.17) is 11.6 Å². The molecule has 0 spiro atoms. The highest BCUT2D eigenvalue weighted by molar-refractivity contribution is 6.17. The number of benzene rings is 1. The van der Waals surface area contributed by atoms with Crippen molar-refractivity contribution in [3.05, 3.63) is 35.9 Å². The van der Waals surface area contributed by atoms with E-state index in [0.29, 0.717) is 0 Å². The van der Waals surface area contributed by atoms with Crippen LogP contribution >= 0.6 is 11.6 Å². The van der Waals surface area contributed by atoms with Crippen LogP contribution in [0.15, 0.2) is 30.3 Å². The van der Waals surface area contributed by atoms with Crippen LogP contribution in [0.2, 0.25) is 0 Å². The maximum Gasteiger partial charge on any atom is 0.0223 e. The number of alkyl halides is 1. The zero-order chi connectivity index (χ0) is 10.2. The van der Waals surface area contributed by atoms with Gasteiger partial charge in [-0.25, -0.2) is 0 Å². The molecule has 1 unspecified atom stereocenters. The highest BCUT2D eigenvalue weighted by Crippen LogP contribution is 2.14. The number of rotatable bonds is 6. The van der Waals surface area contributed by atoms with Crippen LogP contribution in [0.3, 0.4) is 0 Å². The van der Waals surface area contributed by atoms with Crippen molar-refractivity contribution in [2.45, 2.75) is 32.6 Å². The maximum absolute atomic E-state index is 5.65. The van der Waals surface area contributed by atoms with Gasteiger partial charge in [0.2, 0.25) is 0 Å². The molecule has 0 bridgehead atoms. The summed E-state index contributed by atoms with van der Waals surface area (Å²) in [6, 6.07) is 10.7. The molecule has 78 valence electrons. The van der Waals surface area contributed by atoms with E-state index in [1.54, 1.807) is 0 Å². The summed E-state index contributed by atoms with van der Waals surface area (Å²) in [5.74, 6) is 1.58. The molecular weight excluding hydrogens is 192 g/mol. The second-order valence-electron chi connectivity index (χ2n) is 3.98. The molecule has 0 N–H and O–H groups in total. The lowest BCUT2D eigenvalue weighted by Crippen LogP contribution is -1.99. The molecule has 0 aliphatic heterocycles. The van der Waals surface area contributed by atoms with Gasteiger partial charge in [0.1, 0.15) is 0 Å². The van der Waals surface area contributed by atoms with Crippen molar-refractivity contribution in [1.82, 2.24) is 0 Å². The Hall–Kier alpha value is -0.490. The largest absolute Gasteiger partial charge is 0.127 e. The van der Waals surface area contributed by atoms with Gasteiger partial charge >= 0.3 is 0 Å². The van der Waals surface area contributed by atoms with Crippen LogP contribution in [0.25, 0.3) is 0 Å². The lowest BCUT2D eigenvalue weighted by molar-refractivity contribution is 0.504. The predicted octanol–water partition coefficient (Wildman–Crippen LogP) is 4.27. The molecule has 0 saturated carbocycles. The maximum atomic E-state index is 5.65. The summed E-state index contributed by atoms with van der Waals surface area (Å²) in [5, 5.41) is 0. The zero-order valence-corrected chi connectivity index (χ0v) is 9.63. The summed E-state index contributed by atoms with van der Waals surface area (Å²) in [7, 11) is 0. The minimum Gasteiger partial charge on any atom is -0.127 e. The van der Waals surface area contributed by atoms with Crippen LogP contribution in [0.5, 0.6) is 0 Å². The molecule has 0 fully saturated rings. The van der Waals surface area contributed by atoms with Crippen molar-refractivity contribution >= 4 is 11.6 Å². The van der Waals surface area contributed by atoms with Crippen LogP contribution in [0, 0.1) is 5.92 Å². The third kappa shape index (κ3) is 4.66. The molecule has 0 heterocycles. The molecule has 0 nitrogen and oxygen atoms in total. The summed E-state index contributed by atoms with van der Waals surface area (Å²) in [6.07, 6.45) is 4.91. The van der Waals surface area contributed by atoms with E-state index in [2.05, 4.69) is 37.3 Å². The van der Waals surface area contributed by atoms with Crippen LogP contribution in [0.1, 0.15) is 31.7 Å². The molecule has 1 atom stereocenters. The molecular formula is C13H19Cl. The first-order valence-corrected chi connectivity index (χ1v) is 5.96. The number of hydrogen-bond acceptors (Lipinski definition) is 0. The molecule has 0 aromatic heterocycles. The highest BCUT2D eigenvalue weighted by atomic mass is 35.5. The Balaban J connectivity index is 2.23. The first kappa shape index (κ1) is 11.6. The second-order valence-corrected chi connectivity index (χ2v) is 4.36. The monoisotopic (exact) mass is 210 g/mol. The van der Waals surface area contributed by atoms with Gasteiger partial charge in [0.05, 0.1) is 0 Å². The van der Waals surface area contributed by atoms with Crippen molar-refractivity contribution < 1.29 is 0 Å². The number of halogens is 1. The van der Waals surface area contributed by atoms with Gasteiger partial charge < -0.3 is 0 Å². The van der Waals surface area contributed by atoms with E-state index in [1.807, 2.05) is 0 Å². The standard InChI is InChI=1S/C13H19Cl/c1-12(7-5-6-10-14)11-13-8-3-2-4-9-13/h2-4,8-9,12H,5-7,10-11H2,1H3. The summed E-state index contributed by atoms with van der Waals surface area (Å²) < 4.78 is 0. The van der Waals surface area contributed by atoms with Gasteiger partial charge in [0.25, 0.3) is 0 Å². The quantitative estimate of drug-likeness (QED) is 0.486. The van der Waals surface area contributed by atoms with Gasteiger partial charge in [-0.3, -0.25) is 0 Å². The fraction of sp³-hybridized carbons (Fsp3) is 0.538. The molecule has 14 heavy (non-hydrogen) atoms. The van der Waals surface area contributed by atoms with E-state index in [1.165, 1.54) is 24.8 Å². The molecule has 0 radical (unpaired) electrons. The summed E-state index contributed by atoms with van der Waals surface area (Å²) in [6.45, 7) is 2.32. The molecule has 1 rings (SSSR count). The van der Waals surface area contributed by atoms with E-state index in [9.17, 15) is 0 Å². The Morgan fingerprint density at radius 2 is 1.86 bits per heavy atom. The van der Waals surface area contributed by atoms with Gasteiger partial charge in [-0.1, -0.05) is 50.1 Å². The first-order valence-electron chi connectivity index (χ1n) is 5.43. The van der Waals surface area contributed by atoms with Crippen LogP contribution < -0.4 is 0 Å². The minimum absolute atomic E-state index is 0.778. The average Bonchev–Trinajstić information content (AvgIpc) is 2.20. The molecule has 0 amide bonds. The van der Waals surface area contributed by atoms with Gasteiger partial charge in [-0.2, -0.15) is 0 Å². The Labute approximate surface area is 92.3 Å². The Morgan fingerprint density at radius 3 is 2.50 bits per heavy atom.